The normalized spacial score (nSPS) is 16.4. The molecular formula is C15H21N3O. The summed E-state index contributed by atoms with van der Waals surface area (Å²) < 4.78 is 0. The van der Waals surface area contributed by atoms with Crippen molar-refractivity contribution in [1.29, 1.82) is 0 Å². The third-order valence-corrected chi connectivity index (χ3v) is 3.63. The van der Waals surface area contributed by atoms with Gasteiger partial charge in [0.15, 0.2) is 0 Å². The second-order valence-corrected chi connectivity index (χ2v) is 5.05. The molecular weight excluding hydrogens is 238 g/mol. The summed E-state index contributed by atoms with van der Waals surface area (Å²) in [5, 5.41) is 5.62. The van der Waals surface area contributed by atoms with Crippen molar-refractivity contribution in [1.82, 2.24) is 15.6 Å². The van der Waals surface area contributed by atoms with Gasteiger partial charge >= 0.3 is 6.03 Å². The van der Waals surface area contributed by atoms with E-state index < -0.39 is 0 Å². The van der Waals surface area contributed by atoms with Crippen LogP contribution in [0.3, 0.4) is 0 Å². The zero-order valence-corrected chi connectivity index (χ0v) is 11.4. The lowest BCUT2D eigenvalue weighted by atomic mass is 10.0. The molecule has 0 bridgehead atoms. The number of amides is 2. The minimum Gasteiger partial charge on any atom is -0.334 e. The number of hydrogen-bond donors (Lipinski definition) is 2. The van der Waals surface area contributed by atoms with Gasteiger partial charge in [0.2, 0.25) is 0 Å². The lowest BCUT2D eigenvalue weighted by Gasteiger charge is -2.10. The fourth-order valence-corrected chi connectivity index (χ4v) is 2.41. The van der Waals surface area contributed by atoms with Gasteiger partial charge in [-0.05, 0) is 43.4 Å². The van der Waals surface area contributed by atoms with E-state index in [1.165, 1.54) is 31.3 Å². The molecule has 0 aromatic carbocycles. The molecule has 2 rings (SSSR count). The van der Waals surface area contributed by atoms with Crippen LogP contribution in [0.15, 0.2) is 36.3 Å². The second-order valence-electron chi connectivity index (χ2n) is 5.05. The molecule has 4 nitrogen and oxygen atoms in total. The highest BCUT2D eigenvalue weighted by molar-refractivity contribution is 5.74. The van der Waals surface area contributed by atoms with Crippen LogP contribution in [-0.2, 0) is 6.54 Å². The van der Waals surface area contributed by atoms with Gasteiger partial charge in [-0.25, -0.2) is 4.79 Å². The van der Waals surface area contributed by atoms with Crippen molar-refractivity contribution in [3.05, 3.63) is 41.9 Å². The summed E-state index contributed by atoms with van der Waals surface area (Å²) in [5.74, 6) is 0.653. The average Bonchev–Trinajstić information content (AvgIpc) is 2.98. The number of carbonyl (C=O) groups is 1. The number of rotatable bonds is 4. The predicted molar refractivity (Wildman–Crippen MR) is 75.3 cm³/mol. The van der Waals surface area contributed by atoms with Crippen LogP contribution in [-0.4, -0.2) is 11.0 Å². The minimum absolute atomic E-state index is 0.158. The standard InChI is InChI=1S/C15H21N3O/c1-12(14-4-2-3-5-14)10-17-15(19)18-11-13-6-8-16-9-7-13/h6-10,14H,2-5,11H2,1H3,(H2,17,18,19)/b12-10+. The molecule has 1 fully saturated rings. The molecule has 0 aliphatic heterocycles. The second kappa shape index (κ2) is 6.92. The Labute approximate surface area is 114 Å². The van der Waals surface area contributed by atoms with E-state index >= 15 is 0 Å². The van der Waals surface area contributed by atoms with Gasteiger partial charge < -0.3 is 10.6 Å². The number of hydrogen-bond acceptors (Lipinski definition) is 2. The van der Waals surface area contributed by atoms with Gasteiger partial charge in [-0.15, -0.1) is 0 Å². The predicted octanol–water partition coefficient (Wildman–Crippen LogP) is 2.97. The fourth-order valence-electron chi connectivity index (χ4n) is 2.41. The van der Waals surface area contributed by atoms with Crippen molar-refractivity contribution in [2.75, 3.05) is 0 Å². The van der Waals surface area contributed by atoms with E-state index in [1.54, 1.807) is 12.4 Å². The summed E-state index contributed by atoms with van der Waals surface area (Å²) >= 11 is 0. The Morgan fingerprint density at radius 2 is 2.05 bits per heavy atom. The van der Waals surface area contributed by atoms with Gasteiger partial charge in [0, 0.05) is 25.1 Å². The van der Waals surface area contributed by atoms with Gasteiger partial charge in [-0.2, -0.15) is 0 Å². The van der Waals surface area contributed by atoms with Crippen molar-refractivity contribution in [2.24, 2.45) is 5.92 Å². The van der Waals surface area contributed by atoms with E-state index in [-0.39, 0.29) is 6.03 Å². The van der Waals surface area contributed by atoms with Crippen LogP contribution in [0.4, 0.5) is 4.79 Å². The topological polar surface area (TPSA) is 54.0 Å². The van der Waals surface area contributed by atoms with Crippen LogP contribution < -0.4 is 10.6 Å². The Morgan fingerprint density at radius 1 is 1.37 bits per heavy atom. The summed E-state index contributed by atoms with van der Waals surface area (Å²) in [6.45, 7) is 2.61. The van der Waals surface area contributed by atoms with Crippen molar-refractivity contribution in [3.8, 4) is 0 Å². The van der Waals surface area contributed by atoms with Gasteiger partial charge in [0.1, 0.15) is 0 Å². The molecule has 1 aromatic rings. The van der Waals surface area contributed by atoms with E-state index in [1.807, 2.05) is 18.3 Å². The fraction of sp³-hybridized carbons (Fsp3) is 0.467. The Bertz CT molecular complexity index is 436. The largest absolute Gasteiger partial charge is 0.334 e. The Morgan fingerprint density at radius 3 is 2.74 bits per heavy atom. The SMILES string of the molecule is C/C(=C\NC(=O)NCc1ccncc1)C1CCCC1. The van der Waals surface area contributed by atoms with E-state index in [9.17, 15) is 4.79 Å². The third-order valence-electron chi connectivity index (χ3n) is 3.63. The third kappa shape index (κ3) is 4.39. The summed E-state index contributed by atoms with van der Waals surface area (Å²) in [6.07, 6.45) is 10.4. The lowest BCUT2D eigenvalue weighted by molar-refractivity contribution is 0.243. The van der Waals surface area contributed by atoms with Crippen LogP contribution in [0.2, 0.25) is 0 Å². The van der Waals surface area contributed by atoms with Crippen LogP contribution >= 0.6 is 0 Å². The van der Waals surface area contributed by atoms with Crippen molar-refractivity contribution in [2.45, 2.75) is 39.2 Å². The molecule has 1 heterocycles. The molecule has 0 spiro atoms. The number of pyridine rings is 1. The van der Waals surface area contributed by atoms with Gasteiger partial charge in [-0.1, -0.05) is 18.4 Å². The monoisotopic (exact) mass is 259 g/mol. The lowest BCUT2D eigenvalue weighted by Crippen LogP contribution is -2.32. The highest BCUT2D eigenvalue weighted by Gasteiger charge is 2.16. The molecule has 0 atom stereocenters. The highest BCUT2D eigenvalue weighted by Crippen LogP contribution is 2.30. The van der Waals surface area contributed by atoms with Gasteiger partial charge in [-0.3, -0.25) is 4.98 Å². The molecule has 102 valence electrons. The van der Waals surface area contributed by atoms with Crippen LogP contribution in [0.1, 0.15) is 38.2 Å². The molecule has 2 amide bonds. The smallest absolute Gasteiger partial charge is 0.319 e. The maximum Gasteiger partial charge on any atom is 0.319 e. The molecule has 1 aliphatic carbocycles. The van der Waals surface area contributed by atoms with Crippen molar-refractivity contribution < 1.29 is 4.79 Å². The van der Waals surface area contributed by atoms with Gasteiger partial charge in [0.05, 0.1) is 0 Å². The van der Waals surface area contributed by atoms with Crippen molar-refractivity contribution in [3.63, 3.8) is 0 Å². The van der Waals surface area contributed by atoms with E-state index in [4.69, 9.17) is 0 Å². The first-order valence-electron chi connectivity index (χ1n) is 6.85. The molecule has 0 radical (unpaired) electrons. The molecule has 1 aliphatic rings. The molecule has 1 saturated carbocycles. The number of urea groups is 1. The summed E-state index contributed by atoms with van der Waals surface area (Å²) in [6, 6.07) is 3.62. The first-order chi connectivity index (χ1) is 9.25. The minimum atomic E-state index is -0.158. The van der Waals surface area contributed by atoms with E-state index in [0.29, 0.717) is 12.5 Å². The number of aromatic nitrogens is 1. The number of carbonyl (C=O) groups excluding carboxylic acids is 1. The van der Waals surface area contributed by atoms with Crippen LogP contribution in [0, 0.1) is 5.92 Å². The summed E-state index contributed by atoms with van der Waals surface area (Å²) in [7, 11) is 0. The summed E-state index contributed by atoms with van der Waals surface area (Å²) in [4.78, 5) is 15.6. The number of allylic oxidation sites excluding steroid dienone is 1. The zero-order chi connectivity index (χ0) is 13.5. The number of nitrogens with zero attached hydrogens (tertiary/aromatic N) is 1. The molecule has 0 unspecified atom stereocenters. The summed E-state index contributed by atoms with van der Waals surface area (Å²) in [5.41, 5.74) is 2.32. The Balaban J connectivity index is 1.73. The van der Waals surface area contributed by atoms with Crippen LogP contribution in [0.5, 0.6) is 0 Å². The van der Waals surface area contributed by atoms with E-state index in [0.717, 1.165) is 5.56 Å². The number of nitrogens with one attached hydrogen (secondary N) is 2. The molecule has 19 heavy (non-hydrogen) atoms. The zero-order valence-electron chi connectivity index (χ0n) is 11.4. The molecule has 0 saturated heterocycles. The average molecular weight is 259 g/mol. The first-order valence-corrected chi connectivity index (χ1v) is 6.85. The van der Waals surface area contributed by atoms with Crippen molar-refractivity contribution >= 4 is 6.03 Å². The first kappa shape index (κ1) is 13.6. The molecule has 4 heteroatoms. The quantitative estimate of drug-likeness (QED) is 0.873. The Kier molecular flexibility index (Phi) is 4.95. The maximum absolute atomic E-state index is 11.7. The van der Waals surface area contributed by atoms with Gasteiger partial charge in [0.25, 0.3) is 0 Å². The maximum atomic E-state index is 11.7. The van der Waals surface area contributed by atoms with E-state index in [2.05, 4.69) is 22.5 Å². The molecule has 2 N–H and O–H groups in total. The molecule has 1 aromatic heterocycles. The van der Waals surface area contributed by atoms with Crippen LogP contribution in [0.25, 0.3) is 0 Å². The Hall–Kier alpha value is -1.84. The highest BCUT2D eigenvalue weighted by atomic mass is 16.2.